The molecule has 0 fully saturated rings. The smallest absolute Gasteiger partial charge is 0.115 e. The lowest BCUT2D eigenvalue weighted by Crippen LogP contribution is -2.22. The summed E-state index contributed by atoms with van der Waals surface area (Å²) in [7, 11) is 0. The normalized spacial score (nSPS) is 15.3. The molecule has 20 heavy (non-hydrogen) atoms. The maximum Gasteiger partial charge on any atom is 0.115 e. The molecule has 1 aromatic heterocycles. The lowest BCUT2D eigenvalue weighted by atomic mass is 9.99. The van der Waals surface area contributed by atoms with Crippen LogP contribution in [-0.2, 0) is 12.8 Å². The highest BCUT2D eigenvalue weighted by Gasteiger charge is 2.23. The van der Waals surface area contributed by atoms with Crippen LogP contribution in [-0.4, -0.2) is 11.5 Å². The summed E-state index contributed by atoms with van der Waals surface area (Å²) in [5.74, 6) is 0. The molecule has 0 bridgehead atoms. The van der Waals surface area contributed by atoms with E-state index in [0.717, 1.165) is 13.0 Å². The zero-order valence-corrected chi connectivity index (χ0v) is 13.3. The van der Waals surface area contributed by atoms with E-state index < -0.39 is 0 Å². The van der Waals surface area contributed by atoms with E-state index in [2.05, 4.69) is 44.3 Å². The Labute approximate surface area is 125 Å². The van der Waals surface area contributed by atoms with E-state index in [0.29, 0.717) is 0 Å². The molecule has 2 aromatic rings. The topological polar surface area (TPSA) is 24.9 Å². The predicted molar refractivity (Wildman–Crippen MR) is 85.6 cm³/mol. The van der Waals surface area contributed by atoms with Crippen LogP contribution in [0.4, 0.5) is 0 Å². The molecule has 106 valence electrons. The second-order valence-corrected chi connectivity index (χ2v) is 6.74. The van der Waals surface area contributed by atoms with Crippen molar-refractivity contribution < 1.29 is 0 Å². The van der Waals surface area contributed by atoms with Crippen LogP contribution in [0.3, 0.4) is 0 Å². The van der Waals surface area contributed by atoms with Crippen molar-refractivity contribution in [3.05, 3.63) is 50.5 Å². The Morgan fingerprint density at radius 3 is 2.90 bits per heavy atom. The SMILES string of the molecule is CCNC(c1nc2c(s1)CCC2)c1cc(C)ccc1C. The molecule has 1 unspecified atom stereocenters. The summed E-state index contributed by atoms with van der Waals surface area (Å²) in [6.07, 6.45) is 3.67. The standard InChI is InChI=1S/C17H22N2S/c1-4-18-16(13-10-11(2)8-9-12(13)3)17-19-14-6-5-7-15(14)20-17/h8-10,16,18H,4-7H2,1-3H3. The van der Waals surface area contributed by atoms with E-state index in [9.17, 15) is 0 Å². The van der Waals surface area contributed by atoms with E-state index in [1.165, 1.54) is 45.1 Å². The number of aryl methyl sites for hydroxylation is 4. The quantitative estimate of drug-likeness (QED) is 0.920. The van der Waals surface area contributed by atoms with Gasteiger partial charge < -0.3 is 5.32 Å². The first-order valence-corrected chi connectivity index (χ1v) is 8.29. The van der Waals surface area contributed by atoms with Gasteiger partial charge in [0, 0.05) is 4.88 Å². The molecule has 3 rings (SSSR count). The molecular weight excluding hydrogens is 264 g/mol. The lowest BCUT2D eigenvalue weighted by molar-refractivity contribution is 0.622. The van der Waals surface area contributed by atoms with Gasteiger partial charge in [0.1, 0.15) is 5.01 Å². The van der Waals surface area contributed by atoms with Crippen LogP contribution < -0.4 is 5.32 Å². The molecule has 1 atom stereocenters. The molecular formula is C17H22N2S. The highest BCUT2D eigenvalue weighted by Crippen LogP contribution is 2.34. The van der Waals surface area contributed by atoms with Crippen molar-refractivity contribution >= 4 is 11.3 Å². The van der Waals surface area contributed by atoms with Crippen LogP contribution in [0.5, 0.6) is 0 Å². The minimum absolute atomic E-state index is 0.246. The summed E-state index contributed by atoms with van der Waals surface area (Å²) in [5.41, 5.74) is 5.38. The first-order valence-electron chi connectivity index (χ1n) is 7.48. The Morgan fingerprint density at radius 2 is 2.15 bits per heavy atom. The largest absolute Gasteiger partial charge is 0.305 e. The van der Waals surface area contributed by atoms with Crippen LogP contribution in [0.2, 0.25) is 0 Å². The number of rotatable bonds is 4. The Morgan fingerprint density at radius 1 is 1.30 bits per heavy atom. The fourth-order valence-corrected chi connectivity index (χ4v) is 4.19. The Bertz CT molecular complexity index is 594. The van der Waals surface area contributed by atoms with Crippen molar-refractivity contribution in [3.63, 3.8) is 0 Å². The summed E-state index contributed by atoms with van der Waals surface area (Å²) in [4.78, 5) is 6.42. The van der Waals surface area contributed by atoms with Gasteiger partial charge in [-0.15, -0.1) is 11.3 Å². The average molecular weight is 286 g/mol. The molecule has 1 heterocycles. The second-order valence-electron chi connectivity index (χ2n) is 5.63. The van der Waals surface area contributed by atoms with Gasteiger partial charge in [0.25, 0.3) is 0 Å². The van der Waals surface area contributed by atoms with Gasteiger partial charge in [-0.25, -0.2) is 4.98 Å². The third-order valence-corrected chi connectivity index (χ3v) is 5.24. The van der Waals surface area contributed by atoms with Gasteiger partial charge >= 0.3 is 0 Å². The van der Waals surface area contributed by atoms with Crippen LogP contribution in [0.25, 0.3) is 0 Å². The monoisotopic (exact) mass is 286 g/mol. The number of thiazole rings is 1. The highest BCUT2D eigenvalue weighted by molar-refractivity contribution is 7.11. The predicted octanol–water partition coefficient (Wildman–Crippen LogP) is 3.95. The Hall–Kier alpha value is -1.19. The number of benzene rings is 1. The summed E-state index contributed by atoms with van der Waals surface area (Å²) >= 11 is 1.91. The average Bonchev–Trinajstić information content (AvgIpc) is 3.00. The van der Waals surface area contributed by atoms with Crippen LogP contribution in [0.15, 0.2) is 18.2 Å². The van der Waals surface area contributed by atoms with E-state index in [1.54, 1.807) is 0 Å². The van der Waals surface area contributed by atoms with Gasteiger partial charge in [-0.05, 0) is 50.8 Å². The lowest BCUT2D eigenvalue weighted by Gasteiger charge is -2.19. The number of fused-ring (bicyclic) bond motifs is 1. The van der Waals surface area contributed by atoms with E-state index in [4.69, 9.17) is 4.98 Å². The molecule has 1 aliphatic carbocycles. The Balaban J connectivity index is 2.01. The summed E-state index contributed by atoms with van der Waals surface area (Å²) in [6.45, 7) is 7.48. The maximum absolute atomic E-state index is 4.91. The third-order valence-electron chi connectivity index (χ3n) is 4.01. The van der Waals surface area contributed by atoms with Crippen LogP contribution in [0.1, 0.15) is 51.7 Å². The maximum atomic E-state index is 4.91. The van der Waals surface area contributed by atoms with Gasteiger partial charge in [-0.3, -0.25) is 0 Å². The van der Waals surface area contributed by atoms with Crippen molar-refractivity contribution in [2.45, 2.75) is 46.1 Å². The summed E-state index contributed by atoms with van der Waals surface area (Å²) in [5, 5.41) is 4.86. The second kappa shape index (κ2) is 5.66. The fraction of sp³-hybridized carbons (Fsp3) is 0.471. The van der Waals surface area contributed by atoms with Gasteiger partial charge in [0.15, 0.2) is 0 Å². The summed E-state index contributed by atoms with van der Waals surface area (Å²) < 4.78 is 0. The van der Waals surface area contributed by atoms with Crippen molar-refractivity contribution in [1.82, 2.24) is 10.3 Å². The molecule has 3 heteroatoms. The molecule has 0 saturated heterocycles. The van der Waals surface area contributed by atoms with Crippen LogP contribution in [0, 0.1) is 13.8 Å². The number of hydrogen-bond acceptors (Lipinski definition) is 3. The number of hydrogen-bond donors (Lipinski definition) is 1. The first kappa shape index (κ1) is 13.8. The van der Waals surface area contributed by atoms with E-state index in [1.807, 2.05) is 11.3 Å². The van der Waals surface area contributed by atoms with Gasteiger partial charge in [0.05, 0.1) is 11.7 Å². The van der Waals surface area contributed by atoms with Crippen LogP contribution >= 0.6 is 11.3 Å². The Kier molecular flexibility index (Phi) is 3.90. The van der Waals surface area contributed by atoms with E-state index >= 15 is 0 Å². The van der Waals surface area contributed by atoms with E-state index in [-0.39, 0.29) is 6.04 Å². The zero-order valence-electron chi connectivity index (χ0n) is 12.5. The highest BCUT2D eigenvalue weighted by atomic mass is 32.1. The van der Waals surface area contributed by atoms with Crippen molar-refractivity contribution in [1.29, 1.82) is 0 Å². The molecule has 0 spiro atoms. The number of nitrogens with one attached hydrogen (secondary N) is 1. The minimum Gasteiger partial charge on any atom is -0.305 e. The fourth-order valence-electron chi connectivity index (χ4n) is 2.94. The molecule has 0 aliphatic heterocycles. The minimum atomic E-state index is 0.246. The molecule has 1 N–H and O–H groups in total. The molecule has 1 aliphatic rings. The van der Waals surface area contributed by atoms with Crippen molar-refractivity contribution in [3.8, 4) is 0 Å². The van der Waals surface area contributed by atoms with Crippen molar-refractivity contribution in [2.24, 2.45) is 0 Å². The first-order chi connectivity index (χ1) is 9.69. The number of aromatic nitrogens is 1. The molecule has 0 saturated carbocycles. The van der Waals surface area contributed by atoms with Gasteiger partial charge in [0.2, 0.25) is 0 Å². The van der Waals surface area contributed by atoms with Gasteiger partial charge in [-0.2, -0.15) is 0 Å². The molecule has 2 nitrogen and oxygen atoms in total. The molecule has 0 amide bonds. The molecule has 0 radical (unpaired) electrons. The number of nitrogens with zero attached hydrogens (tertiary/aromatic N) is 1. The third kappa shape index (κ3) is 2.52. The molecule has 1 aromatic carbocycles. The zero-order chi connectivity index (χ0) is 14.1. The van der Waals surface area contributed by atoms with Crippen molar-refractivity contribution in [2.75, 3.05) is 6.54 Å². The van der Waals surface area contributed by atoms with Gasteiger partial charge in [-0.1, -0.05) is 30.7 Å². The summed E-state index contributed by atoms with van der Waals surface area (Å²) in [6, 6.07) is 6.95.